The predicted octanol–water partition coefficient (Wildman–Crippen LogP) is 8.51. The van der Waals surface area contributed by atoms with E-state index in [0.29, 0.717) is 10.4 Å². The fourth-order valence-electron chi connectivity index (χ4n) is 5.85. The molecule has 3 nitrogen and oxygen atoms in total. The second-order valence-corrected chi connectivity index (χ2v) is 18.3. The third-order valence-corrected chi connectivity index (χ3v) is 10.6. The zero-order valence-corrected chi connectivity index (χ0v) is 35.5. The van der Waals surface area contributed by atoms with Crippen LogP contribution in [-0.4, -0.2) is 57.4 Å². The van der Waals surface area contributed by atoms with Crippen molar-refractivity contribution in [1.82, 2.24) is 0 Å². The van der Waals surface area contributed by atoms with Crippen LogP contribution in [0.4, 0.5) is 0 Å². The first-order valence-corrected chi connectivity index (χ1v) is 21.5. The zero-order valence-electron chi connectivity index (χ0n) is 29.2. The number of rotatable bonds is 14. The molecular formula is C38H54Cl7NO2Si. The van der Waals surface area contributed by atoms with Crippen molar-refractivity contribution in [3.63, 3.8) is 0 Å². The maximum absolute atomic E-state index is 11.1. The van der Waals surface area contributed by atoms with Crippen LogP contribution in [0.3, 0.4) is 0 Å². The second kappa shape index (κ2) is 27.2. The van der Waals surface area contributed by atoms with Gasteiger partial charge in [0.25, 0.3) is 0 Å². The molecule has 4 aromatic carbocycles. The molecule has 11 heteroatoms. The fourth-order valence-corrected chi connectivity index (χ4v) is 8.00. The SMILES string of the molecule is CCCC[N+](CCCC)(CCCC)CCCC.ClC(Cl)Cl.ClC(Cl)Cl.O[Si](O)(c1cccc2ccccc12)c1cccc2ccccc12.[Cl-]. The summed E-state index contributed by atoms with van der Waals surface area (Å²) in [5.41, 5.74) is 0. The Balaban J connectivity index is 0.000000784. The van der Waals surface area contributed by atoms with Crippen LogP contribution in [0.15, 0.2) is 84.9 Å². The van der Waals surface area contributed by atoms with Crippen LogP contribution in [0.25, 0.3) is 21.5 Å². The van der Waals surface area contributed by atoms with Gasteiger partial charge in [0.1, 0.15) is 0 Å². The molecule has 0 unspecified atom stereocenters. The summed E-state index contributed by atoms with van der Waals surface area (Å²) in [4.78, 5) is 22.3. The second-order valence-electron chi connectivity index (χ2n) is 11.9. The molecule has 276 valence electrons. The van der Waals surface area contributed by atoms with E-state index in [-0.39, 0.29) is 12.4 Å². The maximum atomic E-state index is 11.1. The Bertz CT molecular complexity index is 1280. The Morgan fingerprint density at radius 3 is 1.04 bits per heavy atom. The summed E-state index contributed by atoms with van der Waals surface area (Å²) in [7, 11) is -3.78. The molecular weight excluding hydrogens is 779 g/mol. The van der Waals surface area contributed by atoms with Crippen molar-refractivity contribution in [3.8, 4) is 0 Å². The highest BCUT2D eigenvalue weighted by atomic mass is 35.6. The summed E-state index contributed by atoms with van der Waals surface area (Å²) in [6, 6.07) is 27.1. The maximum Gasteiger partial charge on any atom is 0.402 e. The van der Waals surface area contributed by atoms with Gasteiger partial charge < -0.3 is 26.5 Å². The first kappa shape index (κ1) is 48.5. The van der Waals surface area contributed by atoms with Gasteiger partial charge >= 0.3 is 8.56 Å². The van der Waals surface area contributed by atoms with Gasteiger partial charge in [-0.3, -0.25) is 0 Å². The van der Waals surface area contributed by atoms with E-state index in [1.165, 1.54) is 82.0 Å². The van der Waals surface area contributed by atoms with E-state index in [1.54, 1.807) is 0 Å². The normalized spacial score (nSPS) is 11.2. The zero-order chi connectivity index (χ0) is 36.0. The number of hydrogen-bond donors (Lipinski definition) is 2. The van der Waals surface area contributed by atoms with Gasteiger partial charge in [-0.25, -0.2) is 0 Å². The van der Waals surface area contributed by atoms with Crippen molar-refractivity contribution in [1.29, 1.82) is 0 Å². The first-order chi connectivity index (χ1) is 22.9. The number of unbranched alkanes of at least 4 members (excludes halogenated alkanes) is 4. The lowest BCUT2D eigenvalue weighted by Crippen LogP contribution is -3.00. The van der Waals surface area contributed by atoms with E-state index in [1.807, 2.05) is 84.9 Å². The van der Waals surface area contributed by atoms with E-state index >= 15 is 0 Å². The van der Waals surface area contributed by atoms with Gasteiger partial charge in [0, 0.05) is 10.4 Å². The number of quaternary nitrogens is 1. The van der Waals surface area contributed by atoms with Crippen molar-refractivity contribution >= 4 is 110 Å². The average molecular weight is 833 g/mol. The lowest BCUT2D eigenvalue weighted by molar-refractivity contribution is -0.929. The van der Waals surface area contributed by atoms with Gasteiger partial charge in [-0.2, -0.15) is 0 Å². The highest BCUT2D eigenvalue weighted by Gasteiger charge is 2.37. The lowest BCUT2D eigenvalue weighted by atomic mass is 10.1. The van der Waals surface area contributed by atoms with Gasteiger partial charge in [0.2, 0.25) is 0 Å². The van der Waals surface area contributed by atoms with Gasteiger partial charge in [-0.15, -0.1) is 0 Å². The lowest BCUT2D eigenvalue weighted by Gasteiger charge is -2.39. The molecule has 0 aliphatic heterocycles. The molecule has 49 heavy (non-hydrogen) atoms. The van der Waals surface area contributed by atoms with E-state index in [4.69, 9.17) is 69.6 Å². The van der Waals surface area contributed by atoms with E-state index in [2.05, 4.69) is 27.7 Å². The van der Waals surface area contributed by atoms with Gasteiger partial charge in [-0.05, 0) is 47.2 Å². The largest absolute Gasteiger partial charge is 1.00 e. The third kappa shape index (κ3) is 18.2. The number of benzene rings is 4. The van der Waals surface area contributed by atoms with Crippen molar-refractivity contribution < 1.29 is 26.5 Å². The van der Waals surface area contributed by atoms with Crippen LogP contribution in [0.5, 0.6) is 0 Å². The highest BCUT2D eigenvalue weighted by molar-refractivity contribution is 6.93. The monoisotopic (exact) mass is 829 g/mol. The van der Waals surface area contributed by atoms with Gasteiger partial charge in [0.15, 0.2) is 8.59 Å². The molecule has 0 spiro atoms. The third-order valence-electron chi connectivity index (χ3n) is 8.27. The molecule has 0 bridgehead atoms. The molecule has 0 saturated carbocycles. The molecule has 4 aromatic rings. The standard InChI is InChI=1S/C20H16O2Si.C16H36N.2CHCl3.ClH/c21-23(22,19-13-5-9-15-7-1-3-11-17(15)19)20-14-6-10-16-8-2-4-12-18(16)20;1-5-9-13-17(14-10-6-2,15-11-7-3)16-12-8-4;2*2-1(3)4;/h1-14,21-22H;5-16H2,1-4H3;2*1H;1H/q;+1;;;/p-1. The molecule has 2 N–H and O–H groups in total. The highest BCUT2D eigenvalue weighted by Crippen LogP contribution is 2.18. The summed E-state index contributed by atoms with van der Waals surface area (Å²) >= 11 is 28.8. The Kier molecular flexibility index (Phi) is 26.9. The molecule has 0 heterocycles. The number of hydrogen-bond acceptors (Lipinski definition) is 2. The van der Waals surface area contributed by atoms with E-state index in [0.717, 1.165) is 21.5 Å². The summed E-state index contributed by atoms with van der Waals surface area (Å²) in [5, 5.41) is 5.11. The summed E-state index contributed by atoms with van der Waals surface area (Å²) < 4.78 is -0.0800. The quantitative estimate of drug-likeness (QED) is 0.0761. The molecule has 0 radical (unpaired) electrons. The molecule has 0 amide bonds. The van der Waals surface area contributed by atoms with Crippen LogP contribution in [0, 0.1) is 0 Å². The number of fused-ring (bicyclic) bond motifs is 2. The minimum Gasteiger partial charge on any atom is -1.00 e. The number of alkyl halides is 6. The molecule has 0 saturated heterocycles. The Morgan fingerprint density at radius 1 is 0.490 bits per heavy atom. The molecule has 0 fully saturated rings. The Hall–Kier alpha value is -0.473. The van der Waals surface area contributed by atoms with Crippen LogP contribution >= 0.6 is 69.6 Å². The number of halogens is 7. The number of nitrogens with zero attached hydrogens (tertiary/aromatic N) is 1. The topological polar surface area (TPSA) is 40.5 Å². The molecule has 0 aliphatic rings. The smallest absolute Gasteiger partial charge is 0.402 e. The van der Waals surface area contributed by atoms with Crippen molar-refractivity contribution in [2.75, 3.05) is 26.2 Å². The minimum absolute atomic E-state index is 0. The molecule has 0 aliphatic carbocycles. The van der Waals surface area contributed by atoms with Crippen LogP contribution < -0.4 is 22.8 Å². The van der Waals surface area contributed by atoms with E-state index in [9.17, 15) is 9.59 Å². The summed E-state index contributed by atoms with van der Waals surface area (Å²) in [5.74, 6) is 0. The van der Waals surface area contributed by atoms with E-state index < -0.39 is 17.2 Å². The molecule has 4 rings (SSSR count). The van der Waals surface area contributed by atoms with Gasteiger partial charge in [-0.1, -0.05) is 208 Å². The summed E-state index contributed by atoms with van der Waals surface area (Å²) in [6.07, 6.45) is 11.1. The van der Waals surface area contributed by atoms with Crippen molar-refractivity contribution in [2.24, 2.45) is 0 Å². The van der Waals surface area contributed by atoms with Crippen molar-refractivity contribution in [2.45, 2.75) is 87.7 Å². The van der Waals surface area contributed by atoms with Crippen molar-refractivity contribution in [3.05, 3.63) is 84.9 Å². The van der Waals surface area contributed by atoms with Crippen LogP contribution in [0.1, 0.15) is 79.1 Å². The predicted molar refractivity (Wildman–Crippen MR) is 219 cm³/mol. The molecule has 0 aromatic heterocycles. The Labute approximate surface area is 333 Å². The van der Waals surface area contributed by atoms with Crippen LogP contribution in [-0.2, 0) is 0 Å². The molecule has 0 atom stereocenters. The first-order valence-electron chi connectivity index (χ1n) is 17.0. The fraction of sp³-hybridized carbons (Fsp3) is 0.474. The Morgan fingerprint density at radius 2 is 0.755 bits per heavy atom. The van der Waals surface area contributed by atoms with Gasteiger partial charge in [0.05, 0.1) is 26.2 Å². The average Bonchev–Trinajstić information content (AvgIpc) is 3.07. The summed E-state index contributed by atoms with van der Waals surface area (Å²) in [6.45, 7) is 15.0. The minimum atomic E-state index is -3.78. The van der Waals surface area contributed by atoms with Crippen LogP contribution in [0.2, 0.25) is 0 Å².